The molecule has 2 aromatic heterocycles. The molecule has 1 aliphatic rings. The fourth-order valence-electron chi connectivity index (χ4n) is 3.44. The van der Waals surface area contributed by atoms with E-state index in [1.165, 1.54) is 18.9 Å². The SMILES string of the molecule is COC(=O)CCN1C(=S)N[C@H](c2ccccn2)[C@@H]1c1ccc(Sc2ccc(Cl)cc2)o1. The molecule has 0 aliphatic carbocycles. The van der Waals surface area contributed by atoms with Gasteiger partial charge in [0.15, 0.2) is 10.2 Å². The molecule has 160 valence electrons. The van der Waals surface area contributed by atoms with Gasteiger partial charge in [-0.25, -0.2) is 0 Å². The van der Waals surface area contributed by atoms with Gasteiger partial charge >= 0.3 is 5.97 Å². The van der Waals surface area contributed by atoms with Gasteiger partial charge in [-0.1, -0.05) is 29.4 Å². The van der Waals surface area contributed by atoms with Crippen LogP contribution in [0.25, 0.3) is 0 Å². The summed E-state index contributed by atoms with van der Waals surface area (Å²) >= 11 is 13.1. The molecule has 31 heavy (non-hydrogen) atoms. The van der Waals surface area contributed by atoms with Crippen LogP contribution in [0.4, 0.5) is 0 Å². The first-order valence-electron chi connectivity index (χ1n) is 9.63. The van der Waals surface area contributed by atoms with Gasteiger partial charge in [-0.3, -0.25) is 9.78 Å². The van der Waals surface area contributed by atoms with Crippen LogP contribution in [0.3, 0.4) is 0 Å². The summed E-state index contributed by atoms with van der Waals surface area (Å²) in [6.45, 7) is 0.410. The summed E-state index contributed by atoms with van der Waals surface area (Å²) in [6, 6.07) is 16.8. The Morgan fingerprint density at radius 1 is 1.26 bits per heavy atom. The van der Waals surface area contributed by atoms with Crippen LogP contribution in [0.2, 0.25) is 5.02 Å². The Kier molecular flexibility index (Phi) is 6.80. The van der Waals surface area contributed by atoms with Crippen LogP contribution >= 0.6 is 35.6 Å². The van der Waals surface area contributed by atoms with E-state index in [2.05, 4.69) is 10.3 Å². The number of hydrogen-bond acceptors (Lipinski definition) is 6. The molecule has 3 heterocycles. The Morgan fingerprint density at radius 3 is 2.77 bits per heavy atom. The van der Waals surface area contributed by atoms with Crippen molar-refractivity contribution in [3.05, 3.63) is 77.3 Å². The smallest absolute Gasteiger partial charge is 0.307 e. The quantitative estimate of drug-likeness (QED) is 0.379. The predicted octanol–water partition coefficient (Wildman–Crippen LogP) is 5.01. The van der Waals surface area contributed by atoms with Crippen LogP contribution in [0, 0.1) is 0 Å². The molecule has 2 atom stereocenters. The minimum Gasteiger partial charge on any atom is -0.469 e. The predicted molar refractivity (Wildman–Crippen MR) is 123 cm³/mol. The maximum Gasteiger partial charge on any atom is 0.307 e. The van der Waals surface area contributed by atoms with Crippen molar-refractivity contribution in [1.82, 2.24) is 15.2 Å². The lowest BCUT2D eigenvalue weighted by Crippen LogP contribution is -2.31. The average molecular weight is 474 g/mol. The van der Waals surface area contributed by atoms with E-state index in [9.17, 15) is 4.79 Å². The highest BCUT2D eigenvalue weighted by atomic mass is 35.5. The third-order valence-corrected chi connectivity index (χ3v) is 6.44. The molecule has 1 aliphatic heterocycles. The number of rotatable bonds is 7. The van der Waals surface area contributed by atoms with Gasteiger partial charge in [0.25, 0.3) is 0 Å². The van der Waals surface area contributed by atoms with E-state index in [0.717, 1.165) is 21.4 Å². The average Bonchev–Trinajstić information content (AvgIpc) is 3.38. The normalized spacial score (nSPS) is 18.1. The van der Waals surface area contributed by atoms with Crippen molar-refractivity contribution >= 4 is 46.7 Å². The molecule has 1 fully saturated rings. The largest absolute Gasteiger partial charge is 0.469 e. The molecule has 1 saturated heterocycles. The highest BCUT2D eigenvalue weighted by molar-refractivity contribution is 7.99. The van der Waals surface area contributed by atoms with Gasteiger partial charge in [-0.2, -0.15) is 0 Å². The summed E-state index contributed by atoms with van der Waals surface area (Å²) in [6.07, 6.45) is 1.97. The topological polar surface area (TPSA) is 67.6 Å². The van der Waals surface area contributed by atoms with Gasteiger partial charge in [0, 0.05) is 22.7 Å². The molecule has 0 bridgehead atoms. The first-order valence-corrected chi connectivity index (χ1v) is 11.2. The number of ether oxygens (including phenoxy) is 1. The van der Waals surface area contributed by atoms with E-state index >= 15 is 0 Å². The first-order chi connectivity index (χ1) is 15.0. The maximum absolute atomic E-state index is 11.7. The van der Waals surface area contributed by atoms with Crippen LogP contribution in [-0.4, -0.2) is 34.6 Å². The third kappa shape index (κ3) is 5.03. The molecule has 1 N–H and O–H groups in total. The number of carbonyl (C=O) groups is 1. The summed E-state index contributed by atoms with van der Waals surface area (Å²) in [5.74, 6) is 0.450. The van der Waals surface area contributed by atoms with Gasteiger partial charge in [0.1, 0.15) is 11.8 Å². The monoisotopic (exact) mass is 473 g/mol. The van der Waals surface area contributed by atoms with Crippen LogP contribution in [-0.2, 0) is 9.53 Å². The molecule has 3 aromatic rings. The van der Waals surface area contributed by atoms with Crippen molar-refractivity contribution in [2.45, 2.75) is 28.5 Å². The van der Waals surface area contributed by atoms with E-state index in [-0.39, 0.29) is 24.5 Å². The van der Waals surface area contributed by atoms with E-state index in [1.807, 2.05) is 59.5 Å². The fraction of sp³-hybridized carbons (Fsp3) is 0.227. The lowest BCUT2D eigenvalue weighted by Gasteiger charge is -2.25. The zero-order valence-corrected chi connectivity index (χ0v) is 19.0. The number of carbonyl (C=O) groups excluding carboxylic acids is 1. The molecule has 4 rings (SSSR count). The molecule has 0 radical (unpaired) electrons. The lowest BCUT2D eigenvalue weighted by atomic mass is 10.0. The Bertz CT molecular complexity index is 1060. The van der Waals surface area contributed by atoms with Gasteiger partial charge in [0.05, 0.1) is 25.3 Å². The molecule has 0 amide bonds. The van der Waals surface area contributed by atoms with Crippen molar-refractivity contribution in [3.63, 3.8) is 0 Å². The Hall–Kier alpha value is -2.55. The van der Waals surface area contributed by atoms with E-state index in [0.29, 0.717) is 16.7 Å². The van der Waals surface area contributed by atoms with Crippen LogP contribution < -0.4 is 5.32 Å². The van der Waals surface area contributed by atoms with Gasteiger partial charge in [0.2, 0.25) is 0 Å². The highest BCUT2D eigenvalue weighted by Gasteiger charge is 2.41. The second-order valence-corrected chi connectivity index (χ2v) is 8.76. The number of pyridine rings is 1. The second kappa shape index (κ2) is 9.72. The molecule has 1 aromatic carbocycles. The summed E-state index contributed by atoms with van der Waals surface area (Å²) in [4.78, 5) is 19.2. The number of methoxy groups -OCH3 is 1. The lowest BCUT2D eigenvalue weighted by molar-refractivity contribution is -0.140. The van der Waals surface area contributed by atoms with E-state index in [4.69, 9.17) is 33.0 Å². The Labute approximate surface area is 194 Å². The van der Waals surface area contributed by atoms with Gasteiger partial charge in [-0.15, -0.1) is 0 Å². The number of hydrogen-bond donors (Lipinski definition) is 1. The Balaban J connectivity index is 1.61. The van der Waals surface area contributed by atoms with Gasteiger partial charge < -0.3 is 19.4 Å². The maximum atomic E-state index is 11.7. The van der Waals surface area contributed by atoms with Crippen molar-refractivity contribution < 1.29 is 13.9 Å². The Morgan fingerprint density at radius 2 is 2.06 bits per heavy atom. The zero-order valence-electron chi connectivity index (χ0n) is 16.7. The molecule has 9 heteroatoms. The molecular weight excluding hydrogens is 454 g/mol. The number of aromatic nitrogens is 1. The summed E-state index contributed by atoms with van der Waals surface area (Å²) in [5, 5.41) is 5.33. The minimum absolute atomic E-state index is 0.203. The molecule has 0 saturated carbocycles. The number of thiocarbonyl (C=S) groups is 1. The van der Waals surface area contributed by atoms with Crippen molar-refractivity contribution in [2.24, 2.45) is 0 Å². The zero-order chi connectivity index (χ0) is 21.8. The molecule has 0 unspecified atom stereocenters. The number of esters is 1. The second-order valence-electron chi connectivity index (χ2n) is 6.86. The van der Waals surface area contributed by atoms with Crippen LogP contribution in [0.15, 0.2) is 75.2 Å². The number of nitrogens with zero attached hydrogens (tertiary/aromatic N) is 2. The third-order valence-electron chi connectivity index (χ3n) is 4.91. The fourth-order valence-corrected chi connectivity index (χ4v) is 4.67. The van der Waals surface area contributed by atoms with E-state index in [1.54, 1.807) is 6.20 Å². The van der Waals surface area contributed by atoms with Crippen molar-refractivity contribution in [1.29, 1.82) is 0 Å². The first kappa shape index (κ1) is 21.7. The van der Waals surface area contributed by atoms with Gasteiger partial charge in [-0.05, 0) is 60.7 Å². The number of furan rings is 1. The summed E-state index contributed by atoms with van der Waals surface area (Å²) in [5.41, 5.74) is 0.846. The van der Waals surface area contributed by atoms with Crippen LogP contribution in [0.1, 0.15) is 30.0 Å². The molecule has 6 nitrogen and oxygen atoms in total. The summed E-state index contributed by atoms with van der Waals surface area (Å²) < 4.78 is 11.0. The molecule has 0 spiro atoms. The number of nitrogens with one attached hydrogen (secondary N) is 1. The summed E-state index contributed by atoms with van der Waals surface area (Å²) in [7, 11) is 1.38. The highest BCUT2D eigenvalue weighted by Crippen LogP contribution is 2.41. The van der Waals surface area contributed by atoms with Crippen molar-refractivity contribution in [3.8, 4) is 0 Å². The molecular formula is C22H20ClN3O3S2. The number of benzene rings is 1. The minimum atomic E-state index is -0.290. The standard InChI is InChI=1S/C22H20ClN3O3S2/c1-28-18(27)11-13-26-21(20(25-22(26)30)16-4-2-3-12-24-16)17-9-10-19(29-17)31-15-7-5-14(23)6-8-15/h2-10,12,20-21H,11,13H2,1H3,(H,25,30)/t20-,21+/m1/s1. The van der Waals surface area contributed by atoms with Crippen molar-refractivity contribution in [2.75, 3.05) is 13.7 Å². The van der Waals surface area contributed by atoms with E-state index < -0.39 is 0 Å². The van der Waals surface area contributed by atoms with Crippen LogP contribution in [0.5, 0.6) is 0 Å². The number of halogens is 1.